The Morgan fingerprint density at radius 2 is 1.89 bits per heavy atom. The van der Waals surface area contributed by atoms with Gasteiger partial charge in [-0.2, -0.15) is 0 Å². The lowest BCUT2D eigenvalue weighted by Gasteiger charge is -1.84. The molecule has 0 spiro atoms. The molecular formula is C2H10N2O4P+. The predicted molar refractivity (Wildman–Crippen MR) is 30.9 cm³/mol. The normalized spacial score (nSPS) is 7.56. The Labute approximate surface area is 53.2 Å². The van der Waals surface area contributed by atoms with Gasteiger partial charge >= 0.3 is 8.25 Å². The quantitative estimate of drug-likeness (QED) is 0.247. The molecule has 0 rings (SSSR count). The van der Waals surface area contributed by atoms with E-state index in [9.17, 15) is 0 Å². The number of hydrogen-bond donors (Lipinski definition) is 5. The van der Waals surface area contributed by atoms with Crippen molar-refractivity contribution in [1.29, 1.82) is 0 Å². The molecule has 0 atom stereocenters. The van der Waals surface area contributed by atoms with Gasteiger partial charge in [-0.1, -0.05) is 0 Å². The molecule has 0 radical (unpaired) electrons. The predicted octanol–water partition coefficient (Wildman–Crippen LogP) is -1.45. The summed E-state index contributed by atoms with van der Waals surface area (Å²) in [6.45, 7) is 0.955. The van der Waals surface area contributed by atoms with Crippen molar-refractivity contribution in [1.82, 2.24) is 5.48 Å². The zero-order chi connectivity index (χ0) is 7.70. The Bertz CT molecular complexity index is 63.6. The Morgan fingerprint density at radius 1 is 1.56 bits per heavy atom. The fraction of sp³-hybridized carbons (Fsp3) is 1.00. The lowest BCUT2D eigenvalue weighted by atomic mass is 10.7. The van der Waals surface area contributed by atoms with Crippen LogP contribution < -0.4 is 11.2 Å². The Balaban J connectivity index is 0. The molecule has 0 fully saturated rings. The second-order valence-electron chi connectivity index (χ2n) is 0.950. The molecule has 0 aliphatic carbocycles. The van der Waals surface area contributed by atoms with Gasteiger partial charge in [0.05, 0.1) is 0 Å². The largest absolute Gasteiger partial charge is 0.692 e. The van der Waals surface area contributed by atoms with Crippen molar-refractivity contribution in [2.45, 2.75) is 0 Å². The summed E-state index contributed by atoms with van der Waals surface area (Å²) in [4.78, 5) is 14.2. The highest BCUT2D eigenvalue weighted by molar-refractivity contribution is 7.30. The molecule has 0 unspecified atom stereocenters. The van der Waals surface area contributed by atoms with E-state index in [1.54, 1.807) is 0 Å². The van der Waals surface area contributed by atoms with Gasteiger partial charge in [0.25, 0.3) is 0 Å². The minimum absolute atomic E-state index is 0.472. The average molecular weight is 157 g/mol. The molecule has 0 saturated heterocycles. The van der Waals surface area contributed by atoms with Crippen molar-refractivity contribution in [3.05, 3.63) is 0 Å². The first-order valence-electron chi connectivity index (χ1n) is 2.07. The number of nitrogens with two attached hydrogens (primary N) is 1. The maximum atomic E-state index is 8.70. The van der Waals surface area contributed by atoms with E-state index in [0.717, 1.165) is 0 Å². The molecule has 0 aromatic rings. The number of nitrogens with one attached hydrogen (secondary N) is 1. The number of hydrogen-bond acceptors (Lipinski definition) is 4. The summed E-state index contributed by atoms with van der Waals surface area (Å²) in [6, 6.07) is 0. The van der Waals surface area contributed by atoms with E-state index in [1.807, 2.05) is 5.48 Å². The highest BCUT2D eigenvalue weighted by Crippen LogP contribution is 1.98. The SMILES string of the molecule is NCCNO.O=[P+](O)O. The van der Waals surface area contributed by atoms with E-state index >= 15 is 0 Å². The van der Waals surface area contributed by atoms with Crippen molar-refractivity contribution >= 4 is 8.25 Å². The van der Waals surface area contributed by atoms with E-state index in [2.05, 4.69) is 0 Å². The van der Waals surface area contributed by atoms with Crippen molar-refractivity contribution < 1.29 is 19.6 Å². The van der Waals surface area contributed by atoms with Gasteiger partial charge in [0.1, 0.15) is 0 Å². The molecule has 0 aromatic heterocycles. The van der Waals surface area contributed by atoms with E-state index in [1.165, 1.54) is 0 Å². The van der Waals surface area contributed by atoms with Crippen LogP contribution in [0.4, 0.5) is 0 Å². The summed E-state index contributed by atoms with van der Waals surface area (Å²) in [5.74, 6) is 0. The standard InChI is InChI=1S/C2H8N2O.HO3P/c3-1-2-4-5;1-4(2)3/h4-5H,1-3H2;(H-,1,2,3)/p+1. The van der Waals surface area contributed by atoms with Crippen LogP contribution in [0.25, 0.3) is 0 Å². The van der Waals surface area contributed by atoms with Crippen LogP contribution in [0.15, 0.2) is 0 Å². The first-order valence-corrected chi connectivity index (χ1v) is 3.23. The first-order chi connectivity index (χ1) is 4.15. The lowest BCUT2D eigenvalue weighted by Crippen LogP contribution is -2.17. The fourth-order valence-electron chi connectivity index (χ4n) is 0.0645. The molecule has 0 saturated carbocycles. The molecule has 6 N–H and O–H groups in total. The van der Waals surface area contributed by atoms with E-state index in [0.29, 0.717) is 13.1 Å². The van der Waals surface area contributed by atoms with Crippen LogP contribution in [-0.2, 0) is 4.57 Å². The van der Waals surface area contributed by atoms with Crippen LogP contribution in [-0.4, -0.2) is 28.1 Å². The smallest absolute Gasteiger partial charge is 0.329 e. The van der Waals surface area contributed by atoms with E-state index in [-0.39, 0.29) is 0 Å². The molecule has 9 heavy (non-hydrogen) atoms. The fourth-order valence-corrected chi connectivity index (χ4v) is 0.0645. The Kier molecular flexibility index (Phi) is 14.0. The molecule has 0 amide bonds. The average Bonchev–Trinajstić information content (AvgIpc) is 1.66. The third kappa shape index (κ3) is 76.2. The second-order valence-corrected chi connectivity index (χ2v) is 1.46. The molecule has 0 heterocycles. The second kappa shape index (κ2) is 10.8. The molecular weight excluding hydrogens is 147 g/mol. The van der Waals surface area contributed by atoms with Crippen molar-refractivity contribution in [3.8, 4) is 0 Å². The molecule has 0 aliphatic rings. The van der Waals surface area contributed by atoms with Gasteiger partial charge in [0.2, 0.25) is 0 Å². The third-order valence-electron chi connectivity index (χ3n) is 0.256. The zero-order valence-electron chi connectivity index (χ0n) is 4.69. The third-order valence-corrected chi connectivity index (χ3v) is 0.256. The molecule has 0 aliphatic heterocycles. The van der Waals surface area contributed by atoms with Gasteiger partial charge < -0.3 is 10.9 Å². The van der Waals surface area contributed by atoms with Crippen LogP contribution in [0.2, 0.25) is 0 Å². The highest BCUT2D eigenvalue weighted by atomic mass is 31.1. The van der Waals surface area contributed by atoms with Gasteiger partial charge in [-0.25, -0.2) is 5.48 Å². The highest BCUT2D eigenvalue weighted by Gasteiger charge is 1.93. The Morgan fingerprint density at radius 3 is 1.89 bits per heavy atom. The van der Waals surface area contributed by atoms with Gasteiger partial charge in [-0.05, 0) is 0 Å². The number of hydroxylamine groups is 1. The van der Waals surface area contributed by atoms with Crippen molar-refractivity contribution in [3.63, 3.8) is 0 Å². The summed E-state index contributed by atoms with van der Waals surface area (Å²) in [7, 11) is -2.87. The molecule has 7 heteroatoms. The van der Waals surface area contributed by atoms with Gasteiger partial charge in [0.15, 0.2) is 0 Å². The van der Waals surface area contributed by atoms with E-state index < -0.39 is 8.25 Å². The lowest BCUT2D eigenvalue weighted by molar-refractivity contribution is 0.170. The molecule has 0 bridgehead atoms. The van der Waals surface area contributed by atoms with E-state index in [4.69, 9.17) is 25.3 Å². The number of rotatable bonds is 2. The van der Waals surface area contributed by atoms with Crippen LogP contribution in [0.5, 0.6) is 0 Å². The minimum atomic E-state index is -2.87. The molecule has 56 valence electrons. The van der Waals surface area contributed by atoms with Gasteiger partial charge in [0, 0.05) is 17.7 Å². The van der Waals surface area contributed by atoms with Crippen LogP contribution >= 0.6 is 8.25 Å². The van der Waals surface area contributed by atoms with Crippen LogP contribution in [0.3, 0.4) is 0 Å². The summed E-state index contributed by atoms with van der Waals surface area (Å²) in [5, 5.41) is 7.74. The summed E-state index contributed by atoms with van der Waals surface area (Å²) in [5.41, 5.74) is 6.81. The van der Waals surface area contributed by atoms with Crippen LogP contribution in [0.1, 0.15) is 0 Å². The summed E-state index contributed by atoms with van der Waals surface area (Å²) in [6.07, 6.45) is 0. The molecule has 0 aromatic carbocycles. The summed E-state index contributed by atoms with van der Waals surface area (Å²) < 4.78 is 8.70. The zero-order valence-corrected chi connectivity index (χ0v) is 5.58. The van der Waals surface area contributed by atoms with Crippen LogP contribution in [0, 0.1) is 0 Å². The molecule has 6 nitrogen and oxygen atoms in total. The maximum Gasteiger partial charge on any atom is 0.692 e. The van der Waals surface area contributed by atoms with Crippen molar-refractivity contribution in [2.75, 3.05) is 13.1 Å². The maximum absolute atomic E-state index is 8.70. The summed E-state index contributed by atoms with van der Waals surface area (Å²) >= 11 is 0. The monoisotopic (exact) mass is 157 g/mol. The first kappa shape index (κ1) is 11.7. The van der Waals surface area contributed by atoms with Gasteiger partial charge in [-0.15, -0.1) is 9.79 Å². The Hall–Kier alpha value is -0.100. The van der Waals surface area contributed by atoms with Gasteiger partial charge in [-0.3, -0.25) is 0 Å². The minimum Gasteiger partial charge on any atom is -0.329 e. The topological polar surface area (TPSA) is 116 Å². The van der Waals surface area contributed by atoms with Crippen molar-refractivity contribution in [2.24, 2.45) is 5.73 Å².